The molecule has 3 aliphatic rings. The Kier molecular flexibility index (Phi) is 5.43. The largest absolute Gasteiger partial charge is 0.469 e. The van der Waals surface area contributed by atoms with Crippen molar-refractivity contribution < 1.29 is 19.7 Å². The zero-order chi connectivity index (χ0) is 17.9. The van der Waals surface area contributed by atoms with Crippen molar-refractivity contribution in [3.63, 3.8) is 0 Å². The van der Waals surface area contributed by atoms with Crippen LogP contribution in [0.5, 0.6) is 0 Å². The van der Waals surface area contributed by atoms with E-state index in [4.69, 9.17) is 0 Å². The fraction of sp³-hybridized carbons (Fsp3) is 0.550. The molecular formula is C20H25NO4. The molecule has 3 fully saturated rings. The van der Waals surface area contributed by atoms with E-state index in [0.29, 0.717) is 19.4 Å². The summed E-state index contributed by atoms with van der Waals surface area (Å²) in [6.07, 6.45) is 2.85. The van der Waals surface area contributed by atoms with E-state index in [0.717, 1.165) is 42.6 Å². The van der Waals surface area contributed by atoms with E-state index in [-0.39, 0.29) is 18.5 Å². The van der Waals surface area contributed by atoms with Gasteiger partial charge in [0.1, 0.15) is 5.60 Å². The first kappa shape index (κ1) is 17.9. The fourth-order valence-corrected chi connectivity index (χ4v) is 3.76. The van der Waals surface area contributed by atoms with Gasteiger partial charge in [-0.05, 0) is 49.5 Å². The van der Waals surface area contributed by atoms with E-state index in [1.54, 1.807) is 0 Å². The number of benzene rings is 1. The number of ether oxygens (including phenoxy) is 1. The molecule has 25 heavy (non-hydrogen) atoms. The maximum absolute atomic E-state index is 11.3. The molecule has 0 aromatic heterocycles. The first-order valence-corrected chi connectivity index (χ1v) is 8.81. The number of hydrogen-bond acceptors (Lipinski definition) is 5. The van der Waals surface area contributed by atoms with Crippen molar-refractivity contribution in [1.82, 2.24) is 4.90 Å². The second-order valence-electron chi connectivity index (χ2n) is 6.95. The number of nitrogens with zero attached hydrogens (tertiary/aromatic N) is 1. The third kappa shape index (κ3) is 4.04. The summed E-state index contributed by atoms with van der Waals surface area (Å²) in [6, 6.07) is 5.64. The van der Waals surface area contributed by atoms with Gasteiger partial charge in [0.25, 0.3) is 0 Å². The maximum Gasteiger partial charge on any atom is 0.305 e. The minimum Gasteiger partial charge on any atom is -0.469 e. The second-order valence-corrected chi connectivity index (χ2v) is 6.95. The van der Waals surface area contributed by atoms with Crippen LogP contribution in [0.3, 0.4) is 0 Å². The highest BCUT2D eigenvalue weighted by Gasteiger charge is 2.44. The molecule has 0 radical (unpaired) electrons. The van der Waals surface area contributed by atoms with Crippen LogP contribution in [-0.2, 0) is 22.6 Å². The highest BCUT2D eigenvalue weighted by molar-refractivity contribution is 5.69. The van der Waals surface area contributed by atoms with Crippen molar-refractivity contribution in [2.45, 2.75) is 37.9 Å². The molecule has 3 heterocycles. The Balaban J connectivity index is 1.76. The first-order valence-electron chi connectivity index (χ1n) is 8.81. The second kappa shape index (κ2) is 7.57. The Morgan fingerprint density at radius 3 is 2.76 bits per heavy atom. The lowest BCUT2D eigenvalue weighted by Gasteiger charge is -2.47. The van der Waals surface area contributed by atoms with Crippen molar-refractivity contribution in [2.24, 2.45) is 5.92 Å². The number of carbonyl (C=O) groups is 1. The lowest BCUT2D eigenvalue weighted by molar-refractivity contribution is -0.140. The predicted molar refractivity (Wildman–Crippen MR) is 93.7 cm³/mol. The Morgan fingerprint density at radius 1 is 1.40 bits per heavy atom. The molecule has 0 saturated carbocycles. The van der Waals surface area contributed by atoms with Crippen LogP contribution >= 0.6 is 0 Å². The summed E-state index contributed by atoms with van der Waals surface area (Å²) >= 11 is 0. The Labute approximate surface area is 148 Å². The maximum atomic E-state index is 11.3. The summed E-state index contributed by atoms with van der Waals surface area (Å²) in [4.78, 5) is 13.5. The van der Waals surface area contributed by atoms with Crippen LogP contribution in [0.1, 0.15) is 36.0 Å². The zero-order valence-electron chi connectivity index (χ0n) is 14.6. The molecule has 0 amide bonds. The number of hydrogen-bond donors (Lipinski definition) is 2. The smallest absolute Gasteiger partial charge is 0.305 e. The molecule has 2 N–H and O–H groups in total. The molecule has 0 spiro atoms. The Bertz CT molecular complexity index is 697. The standard InChI is InChI=1S/C20H25NO4/c1-25-19(23)5-3-15-2-4-16(17(12-15)13-22)6-9-20(24)14-21-10-7-18(20)8-11-21/h2,4,12,18,22,24H,3,5,7-8,10-11,13-14H2,1H3. The molecule has 3 aliphatic heterocycles. The van der Waals surface area contributed by atoms with Gasteiger partial charge in [-0.1, -0.05) is 24.0 Å². The zero-order valence-corrected chi connectivity index (χ0v) is 14.6. The lowest BCUT2D eigenvalue weighted by atomic mass is 9.75. The molecular weight excluding hydrogens is 318 g/mol. The third-order valence-electron chi connectivity index (χ3n) is 5.33. The number of esters is 1. The molecule has 4 rings (SSSR count). The average molecular weight is 343 g/mol. The minimum absolute atomic E-state index is 0.121. The van der Waals surface area contributed by atoms with Crippen LogP contribution in [0.15, 0.2) is 18.2 Å². The van der Waals surface area contributed by atoms with E-state index in [1.807, 2.05) is 18.2 Å². The van der Waals surface area contributed by atoms with E-state index in [1.165, 1.54) is 7.11 Å². The van der Waals surface area contributed by atoms with Gasteiger partial charge in [-0.2, -0.15) is 0 Å². The quantitative estimate of drug-likeness (QED) is 0.633. The molecule has 3 saturated heterocycles. The van der Waals surface area contributed by atoms with E-state index < -0.39 is 5.60 Å². The van der Waals surface area contributed by atoms with Gasteiger partial charge >= 0.3 is 5.97 Å². The van der Waals surface area contributed by atoms with Crippen LogP contribution < -0.4 is 0 Å². The lowest BCUT2D eigenvalue weighted by Crippen LogP contribution is -2.58. The van der Waals surface area contributed by atoms with Crippen LogP contribution in [0.2, 0.25) is 0 Å². The van der Waals surface area contributed by atoms with Crippen LogP contribution in [-0.4, -0.2) is 53.4 Å². The topological polar surface area (TPSA) is 70.0 Å². The number of aliphatic hydroxyl groups is 2. The van der Waals surface area contributed by atoms with Crippen molar-refractivity contribution >= 4 is 5.97 Å². The normalized spacial score (nSPS) is 27.5. The highest BCUT2D eigenvalue weighted by Crippen LogP contribution is 2.35. The molecule has 1 aromatic carbocycles. The summed E-state index contributed by atoms with van der Waals surface area (Å²) in [6.45, 7) is 2.58. The fourth-order valence-electron chi connectivity index (χ4n) is 3.76. The predicted octanol–water partition coefficient (Wildman–Crippen LogP) is 1.09. The van der Waals surface area contributed by atoms with Crippen molar-refractivity contribution in [3.05, 3.63) is 34.9 Å². The molecule has 2 bridgehead atoms. The number of aliphatic hydroxyl groups excluding tert-OH is 1. The molecule has 1 atom stereocenters. The summed E-state index contributed by atoms with van der Waals surface area (Å²) in [7, 11) is 1.37. The van der Waals surface area contributed by atoms with Crippen molar-refractivity contribution in [1.29, 1.82) is 0 Å². The van der Waals surface area contributed by atoms with E-state index in [9.17, 15) is 15.0 Å². The summed E-state index contributed by atoms with van der Waals surface area (Å²) in [5.74, 6) is 6.15. The summed E-state index contributed by atoms with van der Waals surface area (Å²) < 4.78 is 4.65. The number of piperidine rings is 3. The van der Waals surface area contributed by atoms with Crippen molar-refractivity contribution in [2.75, 3.05) is 26.7 Å². The number of carbonyl (C=O) groups excluding carboxylic acids is 1. The van der Waals surface area contributed by atoms with Gasteiger partial charge in [-0.25, -0.2) is 0 Å². The minimum atomic E-state index is -0.952. The number of fused-ring (bicyclic) bond motifs is 3. The van der Waals surface area contributed by atoms with Crippen LogP contribution in [0.4, 0.5) is 0 Å². The Hall–Kier alpha value is -1.87. The summed E-state index contributed by atoms with van der Waals surface area (Å²) in [5.41, 5.74) is 1.46. The number of methoxy groups -OCH3 is 1. The van der Waals surface area contributed by atoms with Crippen LogP contribution in [0.25, 0.3) is 0 Å². The Morgan fingerprint density at radius 2 is 2.16 bits per heavy atom. The van der Waals surface area contributed by atoms with Gasteiger partial charge in [-0.3, -0.25) is 9.69 Å². The van der Waals surface area contributed by atoms with E-state index in [2.05, 4.69) is 21.5 Å². The van der Waals surface area contributed by atoms with Gasteiger partial charge in [0.2, 0.25) is 0 Å². The molecule has 1 aromatic rings. The highest BCUT2D eigenvalue weighted by atomic mass is 16.5. The van der Waals surface area contributed by atoms with Gasteiger partial charge in [0.15, 0.2) is 0 Å². The van der Waals surface area contributed by atoms with Crippen LogP contribution in [0, 0.1) is 17.8 Å². The molecule has 0 aliphatic carbocycles. The number of aryl methyl sites for hydroxylation is 1. The molecule has 134 valence electrons. The van der Waals surface area contributed by atoms with Gasteiger partial charge in [0.05, 0.1) is 13.7 Å². The SMILES string of the molecule is COC(=O)CCc1ccc(C#CC2(O)CN3CCC2CC3)c(CO)c1. The van der Waals surface area contributed by atoms with Gasteiger partial charge in [-0.15, -0.1) is 0 Å². The molecule has 5 heteroatoms. The molecule has 1 unspecified atom stereocenters. The monoisotopic (exact) mass is 343 g/mol. The number of rotatable bonds is 4. The first-order chi connectivity index (χ1) is 12.0. The molecule has 5 nitrogen and oxygen atoms in total. The third-order valence-corrected chi connectivity index (χ3v) is 5.33. The van der Waals surface area contributed by atoms with Gasteiger partial charge < -0.3 is 14.9 Å². The summed E-state index contributed by atoms with van der Waals surface area (Å²) in [5, 5.41) is 20.5. The van der Waals surface area contributed by atoms with Crippen molar-refractivity contribution in [3.8, 4) is 11.8 Å². The van der Waals surface area contributed by atoms with Gasteiger partial charge in [0, 0.05) is 24.4 Å². The average Bonchev–Trinajstić information content (AvgIpc) is 2.65. The van der Waals surface area contributed by atoms with E-state index >= 15 is 0 Å².